The Morgan fingerprint density at radius 2 is 1.80 bits per heavy atom. The second kappa shape index (κ2) is 10.8. The van der Waals surface area contributed by atoms with Crippen LogP contribution in [0.1, 0.15) is 57.0 Å². The molecule has 0 bridgehead atoms. The Hall–Kier alpha value is -4.11. The van der Waals surface area contributed by atoms with Gasteiger partial charge in [0.25, 0.3) is 5.69 Å². The van der Waals surface area contributed by atoms with Crippen molar-refractivity contribution in [2.75, 3.05) is 12.4 Å². The Labute approximate surface area is 238 Å². The first-order valence-electron chi connectivity index (χ1n) is 12.8. The molecule has 0 aliphatic carbocycles. The average molecular weight is 565 g/mol. The van der Waals surface area contributed by atoms with Crippen molar-refractivity contribution < 1.29 is 19.2 Å². The zero-order valence-corrected chi connectivity index (χ0v) is 24.4. The van der Waals surface area contributed by atoms with E-state index in [0.29, 0.717) is 5.75 Å². The van der Waals surface area contributed by atoms with Crippen molar-refractivity contribution in [2.24, 2.45) is 5.41 Å². The molecule has 4 rings (SSSR count). The number of carbonyl (C=O) groups is 1. The third-order valence-electron chi connectivity index (χ3n) is 6.23. The fraction of sp³-hybridized carbons (Fsp3) is 0.333. The molecule has 210 valence electrons. The molecule has 0 amide bonds. The number of nitrogens with zero attached hydrogens (tertiary/aromatic N) is 3. The highest BCUT2D eigenvalue weighted by molar-refractivity contribution is 6.32. The van der Waals surface area contributed by atoms with Gasteiger partial charge in [-0.25, -0.2) is 9.78 Å². The van der Waals surface area contributed by atoms with Crippen LogP contribution in [0, 0.1) is 22.5 Å². The average Bonchev–Trinajstić information content (AvgIpc) is 3.19. The first-order chi connectivity index (χ1) is 18.7. The maximum atomic E-state index is 12.8. The topological polar surface area (TPSA) is 108 Å². The molecule has 0 fully saturated rings. The highest BCUT2D eigenvalue weighted by atomic mass is 35.5. The number of nitrogens with one attached hydrogen (secondary N) is 1. The molecule has 10 heteroatoms. The van der Waals surface area contributed by atoms with Gasteiger partial charge in [0.05, 0.1) is 17.6 Å². The maximum absolute atomic E-state index is 12.8. The number of esters is 1. The van der Waals surface area contributed by atoms with Crippen molar-refractivity contribution in [1.82, 2.24) is 9.38 Å². The monoisotopic (exact) mass is 564 g/mol. The number of anilines is 1. The molecule has 0 spiro atoms. The van der Waals surface area contributed by atoms with Crippen LogP contribution in [0.15, 0.2) is 54.7 Å². The number of benzene rings is 2. The molecule has 0 radical (unpaired) electrons. The van der Waals surface area contributed by atoms with Crippen LogP contribution in [0.5, 0.6) is 11.5 Å². The van der Waals surface area contributed by atoms with E-state index in [1.54, 1.807) is 18.2 Å². The normalized spacial score (nSPS) is 11.9. The highest BCUT2D eigenvalue weighted by Gasteiger charge is 2.28. The third kappa shape index (κ3) is 6.37. The Balaban J connectivity index is 1.72. The largest absolute Gasteiger partial charge is 0.493 e. The van der Waals surface area contributed by atoms with Gasteiger partial charge in [-0.15, -0.1) is 0 Å². The first kappa shape index (κ1) is 28.9. The summed E-state index contributed by atoms with van der Waals surface area (Å²) in [6.07, 6.45) is 2.91. The molecule has 2 heterocycles. The number of methoxy groups -OCH3 is 1. The van der Waals surface area contributed by atoms with Crippen molar-refractivity contribution in [2.45, 2.75) is 53.5 Å². The minimum Gasteiger partial charge on any atom is -0.493 e. The predicted molar refractivity (Wildman–Crippen MR) is 157 cm³/mol. The number of aromatic nitrogens is 2. The van der Waals surface area contributed by atoms with E-state index in [1.165, 1.54) is 19.2 Å². The molecule has 9 nitrogen and oxygen atoms in total. The van der Waals surface area contributed by atoms with E-state index < -0.39 is 10.9 Å². The standard InChI is InChI=1S/C30H33ClN4O5/c1-18-12-13-34-25(14-18)32-26(27(34)33-30(5,6)17-29(2,3)4)19-9-11-23(24(16-19)39-7)40-28(36)20-8-10-21(31)22(15-20)35(37)38/h8-16,33H,17H2,1-7H3. The number of nitro groups is 1. The molecule has 0 aliphatic heterocycles. The van der Waals surface area contributed by atoms with Gasteiger partial charge in [0, 0.05) is 23.4 Å². The zero-order valence-electron chi connectivity index (χ0n) is 23.7. The molecule has 1 N–H and O–H groups in total. The van der Waals surface area contributed by atoms with E-state index in [9.17, 15) is 14.9 Å². The lowest BCUT2D eigenvalue weighted by Gasteiger charge is -2.34. The number of fused-ring (bicyclic) bond motifs is 1. The van der Waals surface area contributed by atoms with Gasteiger partial charge in [-0.2, -0.15) is 0 Å². The first-order valence-corrected chi connectivity index (χ1v) is 13.2. The van der Waals surface area contributed by atoms with E-state index in [4.69, 9.17) is 26.1 Å². The lowest BCUT2D eigenvalue weighted by atomic mass is 9.82. The van der Waals surface area contributed by atoms with Crippen LogP contribution < -0.4 is 14.8 Å². The predicted octanol–water partition coefficient (Wildman–Crippen LogP) is 7.73. The van der Waals surface area contributed by atoms with E-state index in [0.717, 1.165) is 40.8 Å². The second-order valence-corrected chi connectivity index (χ2v) is 12.1. The third-order valence-corrected chi connectivity index (χ3v) is 6.55. The summed E-state index contributed by atoms with van der Waals surface area (Å²) in [6, 6.07) is 13.0. The van der Waals surface area contributed by atoms with Crippen LogP contribution in [-0.4, -0.2) is 32.9 Å². The minimum atomic E-state index is -0.777. The molecule has 2 aromatic carbocycles. The smallest absolute Gasteiger partial charge is 0.343 e. The summed E-state index contributed by atoms with van der Waals surface area (Å²) in [4.78, 5) is 28.3. The molecule has 40 heavy (non-hydrogen) atoms. The molecule has 0 saturated carbocycles. The quantitative estimate of drug-likeness (QED) is 0.101. The van der Waals surface area contributed by atoms with Crippen molar-refractivity contribution in [1.29, 1.82) is 0 Å². The number of pyridine rings is 1. The van der Waals surface area contributed by atoms with Gasteiger partial charge in [-0.1, -0.05) is 32.4 Å². The molecular weight excluding hydrogens is 532 g/mol. The molecule has 0 atom stereocenters. The van der Waals surface area contributed by atoms with Gasteiger partial charge in [0.15, 0.2) is 11.5 Å². The second-order valence-electron chi connectivity index (χ2n) is 11.7. The van der Waals surface area contributed by atoms with Crippen molar-refractivity contribution in [3.8, 4) is 22.8 Å². The Morgan fingerprint density at radius 1 is 1.07 bits per heavy atom. The number of halogens is 1. The highest BCUT2D eigenvalue weighted by Crippen LogP contribution is 2.38. The number of nitro benzene ring substituents is 1. The molecule has 2 aromatic heterocycles. The van der Waals surface area contributed by atoms with E-state index >= 15 is 0 Å². The number of imidazole rings is 1. The van der Waals surface area contributed by atoms with Crippen LogP contribution >= 0.6 is 11.6 Å². The Bertz CT molecular complexity index is 1600. The SMILES string of the molecule is COc1cc(-c2nc3cc(C)ccn3c2NC(C)(C)CC(C)(C)C)ccc1OC(=O)c1ccc(Cl)c([N+](=O)[O-])c1. The van der Waals surface area contributed by atoms with Gasteiger partial charge in [0.1, 0.15) is 22.2 Å². The molecule has 0 unspecified atom stereocenters. The maximum Gasteiger partial charge on any atom is 0.343 e. The lowest BCUT2D eigenvalue weighted by Crippen LogP contribution is -2.36. The zero-order chi connectivity index (χ0) is 29.4. The van der Waals surface area contributed by atoms with E-state index in [-0.39, 0.29) is 33.0 Å². The summed E-state index contributed by atoms with van der Waals surface area (Å²) in [5.41, 5.74) is 2.84. The van der Waals surface area contributed by atoms with Crippen LogP contribution in [-0.2, 0) is 0 Å². The summed E-state index contributed by atoms with van der Waals surface area (Å²) in [6.45, 7) is 13.0. The van der Waals surface area contributed by atoms with Crippen LogP contribution in [0.2, 0.25) is 5.02 Å². The van der Waals surface area contributed by atoms with Gasteiger partial charge >= 0.3 is 5.97 Å². The Morgan fingerprint density at radius 3 is 2.45 bits per heavy atom. The molecule has 0 aliphatic rings. The van der Waals surface area contributed by atoms with Gasteiger partial charge in [-0.05, 0) is 80.6 Å². The van der Waals surface area contributed by atoms with Crippen molar-refractivity contribution >= 4 is 34.7 Å². The molecular formula is C30H33ClN4O5. The fourth-order valence-electron chi connectivity index (χ4n) is 5.00. The van der Waals surface area contributed by atoms with Crippen molar-refractivity contribution in [3.05, 3.63) is 81.0 Å². The number of carbonyl (C=O) groups excluding carboxylic acids is 1. The number of ether oxygens (including phenoxy) is 2. The van der Waals surface area contributed by atoms with E-state index in [2.05, 4.69) is 39.9 Å². The summed E-state index contributed by atoms with van der Waals surface area (Å²) in [7, 11) is 1.47. The summed E-state index contributed by atoms with van der Waals surface area (Å²) < 4.78 is 13.1. The number of rotatable bonds is 8. The summed E-state index contributed by atoms with van der Waals surface area (Å²) in [5.74, 6) is 0.531. The van der Waals surface area contributed by atoms with Gasteiger partial charge < -0.3 is 14.8 Å². The minimum absolute atomic E-state index is 0.00878. The fourth-order valence-corrected chi connectivity index (χ4v) is 5.18. The van der Waals surface area contributed by atoms with Crippen LogP contribution in [0.4, 0.5) is 11.5 Å². The van der Waals surface area contributed by atoms with Gasteiger partial charge in [-0.3, -0.25) is 14.5 Å². The number of hydrogen-bond donors (Lipinski definition) is 1. The summed E-state index contributed by atoms with van der Waals surface area (Å²) in [5, 5.41) is 14.9. The number of aryl methyl sites for hydroxylation is 1. The Kier molecular flexibility index (Phi) is 7.81. The van der Waals surface area contributed by atoms with Gasteiger partial charge in [0.2, 0.25) is 0 Å². The lowest BCUT2D eigenvalue weighted by molar-refractivity contribution is -0.384. The summed E-state index contributed by atoms with van der Waals surface area (Å²) >= 11 is 5.87. The molecule has 0 saturated heterocycles. The number of hydrogen-bond acceptors (Lipinski definition) is 7. The van der Waals surface area contributed by atoms with Crippen LogP contribution in [0.3, 0.4) is 0 Å². The molecule has 4 aromatic rings. The van der Waals surface area contributed by atoms with E-state index in [1.807, 2.05) is 29.7 Å². The van der Waals surface area contributed by atoms with Crippen molar-refractivity contribution in [3.63, 3.8) is 0 Å². The van der Waals surface area contributed by atoms with Crippen LogP contribution in [0.25, 0.3) is 16.9 Å².